The number of nitrogen functional groups attached to an aromatic ring is 1. The van der Waals surface area contributed by atoms with Gasteiger partial charge in [0.25, 0.3) is 5.91 Å². The molecule has 1 fully saturated rings. The van der Waals surface area contributed by atoms with Gasteiger partial charge >= 0.3 is 0 Å². The smallest absolute Gasteiger partial charge is 0.272 e. The van der Waals surface area contributed by atoms with Gasteiger partial charge < -0.3 is 15.4 Å². The lowest BCUT2D eigenvalue weighted by Gasteiger charge is -2.38. The van der Waals surface area contributed by atoms with Crippen LogP contribution in [-0.2, 0) is 4.74 Å². The molecule has 17 heavy (non-hydrogen) atoms. The van der Waals surface area contributed by atoms with Crippen LogP contribution in [-0.4, -0.2) is 46.3 Å². The van der Waals surface area contributed by atoms with E-state index < -0.39 is 0 Å². The van der Waals surface area contributed by atoms with E-state index in [9.17, 15) is 4.79 Å². The van der Waals surface area contributed by atoms with Gasteiger partial charge in [-0.15, -0.1) is 0 Å². The number of carbonyl (C=O) groups excluding carboxylic acids is 1. The zero-order valence-corrected chi connectivity index (χ0v) is 10.1. The normalized spacial score (nSPS) is 24.9. The number of morpholine rings is 1. The first-order valence-electron chi connectivity index (χ1n) is 5.85. The molecule has 1 aromatic heterocycles. The van der Waals surface area contributed by atoms with Crippen LogP contribution in [0.3, 0.4) is 0 Å². The fraction of sp³-hybridized carbons (Fsp3) is 0.636. The highest BCUT2D eigenvalue weighted by molar-refractivity contribution is 5.93. The highest BCUT2D eigenvalue weighted by Crippen LogP contribution is 2.17. The Bertz CT molecular complexity index is 404. The number of nitrogens with one attached hydrogen (secondary N) is 1. The van der Waals surface area contributed by atoms with Gasteiger partial charge in [0, 0.05) is 12.6 Å². The molecule has 0 aromatic carbocycles. The maximum Gasteiger partial charge on any atom is 0.272 e. The topological polar surface area (TPSA) is 84.2 Å². The third kappa shape index (κ3) is 2.41. The summed E-state index contributed by atoms with van der Waals surface area (Å²) in [5.74, 6) is 0.277. The molecular weight excluding hydrogens is 220 g/mol. The monoisotopic (exact) mass is 238 g/mol. The summed E-state index contributed by atoms with van der Waals surface area (Å²) in [6, 6.07) is 1.69. The molecule has 0 spiro atoms. The summed E-state index contributed by atoms with van der Waals surface area (Å²) in [5.41, 5.74) is 5.94. The van der Waals surface area contributed by atoms with Crippen LogP contribution in [0.5, 0.6) is 0 Å². The Labute approximate surface area is 100 Å². The number of anilines is 1. The third-order valence-corrected chi connectivity index (χ3v) is 3.03. The van der Waals surface area contributed by atoms with Crippen molar-refractivity contribution < 1.29 is 9.53 Å². The second-order valence-corrected chi connectivity index (χ2v) is 4.37. The summed E-state index contributed by atoms with van der Waals surface area (Å²) in [5, 5.41) is 6.43. The quantitative estimate of drug-likeness (QED) is 0.791. The van der Waals surface area contributed by atoms with Gasteiger partial charge in [-0.3, -0.25) is 9.89 Å². The number of H-pyrrole nitrogens is 1. The number of hydrogen-bond donors (Lipinski definition) is 2. The van der Waals surface area contributed by atoms with Crippen molar-refractivity contribution in [3.8, 4) is 0 Å². The molecule has 3 N–H and O–H groups in total. The fourth-order valence-electron chi connectivity index (χ4n) is 2.03. The van der Waals surface area contributed by atoms with Crippen LogP contribution in [0, 0.1) is 0 Å². The van der Waals surface area contributed by atoms with E-state index in [2.05, 4.69) is 10.2 Å². The van der Waals surface area contributed by atoms with E-state index in [1.54, 1.807) is 6.07 Å². The first-order valence-corrected chi connectivity index (χ1v) is 5.85. The molecule has 0 radical (unpaired) electrons. The van der Waals surface area contributed by atoms with E-state index in [0.717, 1.165) is 6.42 Å². The Hall–Kier alpha value is -1.56. The number of nitrogens with two attached hydrogens (primary N) is 1. The Kier molecular flexibility index (Phi) is 3.33. The highest BCUT2D eigenvalue weighted by Gasteiger charge is 2.30. The van der Waals surface area contributed by atoms with Crippen molar-refractivity contribution in [1.29, 1.82) is 0 Å². The van der Waals surface area contributed by atoms with Gasteiger partial charge in [-0.1, -0.05) is 6.92 Å². The summed E-state index contributed by atoms with van der Waals surface area (Å²) in [4.78, 5) is 14.1. The van der Waals surface area contributed by atoms with Gasteiger partial charge in [0.05, 0.1) is 18.8 Å². The average molecular weight is 238 g/mol. The lowest BCUT2D eigenvalue weighted by molar-refractivity contribution is -0.0445. The summed E-state index contributed by atoms with van der Waals surface area (Å²) in [6.45, 7) is 5.21. The number of hydrogen-bond acceptors (Lipinski definition) is 4. The number of rotatable bonds is 2. The summed E-state index contributed by atoms with van der Waals surface area (Å²) < 4.78 is 5.56. The second-order valence-electron chi connectivity index (χ2n) is 4.37. The molecule has 1 saturated heterocycles. The minimum atomic E-state index is -0.0591. The van der Waals surface area contributed by atoms with Crippen molar-refractivity contribution in [3.05, 3.63) is 11.8 Å². The number of aromatic amines is 1. The Balaban J connectivity index is 2.16. The van der Waals surface area contributed by atoms with Crippen LogP contribution in [0.2, 0.25) is 0 Å². The number of aromatic nitrogens is 2. The molecule has 2 atom stereocenters. The van der Waals surface area contributed by atoms with Crippen molar-refractivity contribution in [3.63, 3.8) is 0 Å². The molecule has 6 nitrogen and oxygen atoms in total. The largest absolute Gasteiger partial charge is 0.382 e. The van der Waals surface area contributed by atoms with Gasteiger partial charge in [0.1, 0.15) is 11.5 Å². The first kappa shape index (κ1) is 11.9. The van der Waals surface area contributed by atoms with Gasteiger partial charge in [0.15, 0.2) is 0 Å². The maximum atomic E-state index is 12.3. The van der Waals surface area contributed by atoms with Crippen LogP contribution in [0.15, 0.2) is 6.07 Å². The Morgan fingerprint density at radius 1 is 1.76 bits per heavy atom. The van der Waals surface area contributed by atoms with E-state index in [4.69, 9.17) is 10.5 Å². The zero-order chi connectivity index (χ0) is 12.4. The predicted molar refractivity (Wildman–Crippen MR) is 63.5 cm³/mol. The predicted octanol–water partition coefficient (Wildman–Crippen LogP) is 0.631. The highest BCUT2D eigenvalue weighted by atomic mass is 16.5. The first-order chi connectivity index (χ1) is 8.11. The molecule has 6 heteroatoms. The van der Waals surface area contributed by atoms with E-state index >= 15 is 0 Å². The van der Waals surface area contributed by atoms with Gasteiger partial charge in [0.2, 0.25) is 0 Å². The molecular formula is C11H18N4O2. The fourth-order valence-corrected chi connectivity index (χ4v) is 2.03. The molecule has 0 saturated carbocycles. The molecule has 0 aliphatic carbocycles. The summed E-state index contributed by atoms with van der Waals surface area (Å²) in [7, 11) is 0. The van der Waals surface area contributed by atoms with Crippen LogP contribution >= 0.6 is 0 Å². The maximum absolute atomic E-state index is 12.3. The molecule has 1 aromatic rings. The van der Waals surface area contributed by atoms with E-state index in [1.165, 1.54) is 0 Å². The van der Waals surface area contributed by atoms with Crippen LogP contribution in [0.25, 0.3) is 0 Å². The number of nitrogens with zero attached hydrogens (tertiary/aromatic N) is 2. The number of carbonyl (C=O) groups is 1. The van der Waals surface area contributed by atoms with Crippen LogP contribution in [0.1, 0.15) is 30.8 Å². The molecule has 2 heterocycles. The standard InChI is InChI=1S/C11H18N4O2/c1-3-8-6-17-7(2)5-15(8)11(16)9-4-10(12)14-13-9/h4,7-8H,3,5-6H2,1-2H3,(H3,12,13,14). The summed E-state index contributed by atoms with van der Waals surface area (Å²) in [6.07, 6.45) is 0.948. The molecule has 2 rings (SSSR count). The molecule has 1 amide bonds. The third-order valence-electron chi connectivity index (χ3n) is 3.03. The van der Waals surface area contributed by atoms with Crippen molar-refractivity contribution in [2.24, 2.45) is 0 Å². The second kappa shape index (κ2) is 4.75. The van der Waals surface area contributed by atoms with Crippen LogP contribution in [0.4, 0.5) is 5.82 Å². The van der Waals surface area contributed by atoms with Crippen molar-refractivity contribution in [1.82, 2.24) is 15.1 Å². The lowest BCUT2D eigenvalue weighted by Crippen LogP contribution is -2.51. The molecule has 1 aliphatic rings. The Morgan fingerprint density at radius 2 is 2.53 bits per heavy atom. The average Bonchev–Trinajstić information content (AvgIpc) is 2.75. The van der Waals surface area contributed by atoms with E-state index in [0.29, 0.717) is 24.7 Å². The molecule has 0 bridgehead atoms. The van der Waals surface area contributed by atoms with E-state index in [-0.39, 0.29) is 18.1 Å². The van der Waals surface area contributed by atoms with Gasteiger partial charge in [-0.05, 0) is 13.3 Å². The van der Waals surface area contributed by atoms with Gasteiger partial charge in [-0.2, -0.15) is 5.10 Å². The van der Waals surface area contributed by atoms with Gasteiger partial charge in [-0.25, -0.2) is 0 Å². The minimum absolute atomic E-state index is 0.0591. The molecule has 2 unspecified atom stereocenters. The van der Waals surface area contributed by atoms with E-state index in [1.807, 2.05) is 18.7 Å². The minimum Gasteiger partial charge on any atom is -0.382 e. The zero-order valence-electron chi connectivity index (χ0n) is 10.1. The lowest BCUT2D eigenvalue weighted by atomic mass is 10.1. The van der Waals surface area contributed by atoms with Crippen molar-refractivity contribution >= 4 is 11.7 Å². The van der Waals surface area contributed by atoms with Crippen LogP contribution < -0.4 is 5.73 Å². The SMILES string of the molecule is CCC1COC(C)CN1C(=O)c1cc(N)n[nH]1. The number of ether oxygens (including phenoxy) is 1. The summed E-state index contributed by atoms with van der Waals surface area (Å²) >= 11 is 0. The van der Waals surface area contributed by atoms with Crippen molar-refractivity contribution in [2.75, 3.05) is 18.9 Å². The molecule has 94 valence electrons. The Morgan fingerprint density at radius 3 is 3.12 bits per heavy atom. The molecule has 1 aliphatic heterocycles. The number of amides is 1. The van der Waals surface area contributed by atoms with Crippen molar-refractivity contribution in [2.45, 2.75) is 32.4 Å².